The van der Waals surface area contributed by atoms with Crippen LogP contribution < -0.4 is 5.32 Å². The van der Waals surface area contributed by atoms with Crippen molar-refractivity contribution in [2.75, 3.05) is 18.4 Å². The van der Waals surface area contributed by atoms with Crippen molar-refractivity contribution in [2.45, 2.75) is 38.3 Å². The summed E-state index contributed by atoms with van der Waals surface area (Å²) < 4.78 is 0. The monoisotopic (exact) mass is 385 g/mol. The summed E-state index contributed by atoms with van der Waals surface area (Å²) in [5.74, 6) is 1.21. The second-order valence-corrected chi connectivity index (χ2v) is 8.07. The van der Waals surface area contributed by atoms with Crippen LogP contribution in [0.2, 0.25) is 5.15 Å². The van der Waals surface area contributed by atoms with Gasteiger partial charge in [-0.1, -0.05) is 30.6 Å². The number of likely N-dealkylation sites (tertiary alicyclic amines) is 1. The van der Waals surface area contributed by atoms with E-state index in [2.05, 4.69) is 25.3 Å². The zero-order valence-electron chi connectivity index (χ0n) is 15.2. The maximum atomic E-state index is 12.1. The van der Waals surface area contributed by atoms with Gasteiger partial charge in [-0.3, -0.25) is 4.79 Å². The van der Waals surface area contributed by atoms with E-state index in [4.69, 9.17) is 17.1 Å². The summed E-state index contributed by atoms with van der Waals surface area (Å²) in [6.07, 6.45) is 5.43. The lowest BCUT2D eigenvalue weighted by molar-refractivity contribution is -0.136. The molecule has 1 N–H and O–H groups in total. The molecule has 1 aliphatic carbocycles. The van der Waals surface area contributed by atoms with Crippen molar-refractivity contribution >= 4 is 34.1 Å². The Morgan fingerprint density at radius 1 is 1.33 bits per heavy atom. The zero-order valence-corrected chi connectivity index (χ0v) is 15.9. The minimum atomic E-state index is -0.771. The Morgan fingerprint density at radius 2 is 2.07 bits per heavy atom. The smallest absolute Gasteiger partial charge is 0.225 e. The van der Waals surface area contributed by atoms with E-state index >= 15 is 0 Å². The van der Waals surface area contributed by atoms with Gasteiger partial charge in [0.25, 0.3) is 0 Å². The average molecular weight is 386 g/mol. The SMILES string of the molecule is CC(C)(N=[N+]=[N-])c1cnc(NC2CN(C(=O)C3CC3)C2)c2cnc(Cl)cc12. The minimum absolute atomic E-state index is 0.162. The summed E-state index contributed by atoms with van der Waals surface area (Å²) in [7, 11) is 0. The van der Waals surface area contributed by atoms with Gasteiger partial charge in [0.2, 0.25) is 5.91 Å². The zero-order chi connectivity index (χ0) is 19.2. The lowest BCUT2D eigenvalue weighted by Gasteiger charge is -2.40. The summed E-state index contributed by atoms with van der Waals surface area (Å²) in [6.45, 7) is 5.03. The number of carbonyl (C=O) groups is 1. The van der Waals surface area contributed by atoms with Crippen LogP contribution in [0.3, 0.4) is 0 Å². The molecule has 0 atom stereocenters. The van der Waals surface area contributed by atoms with Crippen molar-refractivity contribution in [2.24, 2.45) is 11.0 Å². The number of halogens is 1. The first-order chi connectivity index (χ1) is 12.9. The van der Waals surface area contributed by atoms with Gasteiger partial charge >= 0.3 is 0 Å². The molecule has 0 unspecified atom stereocenters. The highest BCUT2D eigenvalue weighted by Crippen LogP contribution is 2.36. The molecule has 2 aromatic rings. The second-order valence-electron chi connectivity index (χ2n) is 7.68. The molecule has 1 saturated carbocycles. The molecule has 1 saturated heterocycles. The molecule has 4 rings (SSSR count). The first kappa shape index (κ1) is 17.8. The number of anilines is 1. The third kappa shape index (κ3) is 3.38. The van der Waals surface area contributed by atoms with Gasteiger partial charge in [0.15, 0.2) is 0 Å². The summed E-state index contributed by atoms with van der Waals surface area (Å²) in [5.41, 5.74) is 8.88. The molecule has 0 spiro atoms. The number of nitrogens with zero attached hydrogens (tertiary/aromatic N) is 6. The lowest BCUT2D eigenvalue weighted by Crippen LogP contribution is -2.57. The summed E-state index contributed by atoms with van der Waals surface area (Å²) in [5, 5.41) is 9.31. The molecule has 1 amide bonds. The first-order valence-corrected chi connectivity index (χ1v) is 9.33. The third-order valence-corrected chi connectivity index (χ3v) is 5.36. The van der Waals surface area contributed by atoms with E-state index in [1.165, 1.54) is 0 Å². The van der Waals surface area contributed by atoms with E-state index in [0.717, 1.165) is 29.2 Å². The highest BCUT2D eigenvalue weighted by atomic mass is 35.5. The van der Waals surface area contributed by atoms with E-state index in [1.807, 2.05) is 18.7 Å². The lowest BCUT2D eigenvalue weighted by atomic mass is 9.92. The Hall–Kier alpha value is -2.57. The second kappa shape index (κ2) is 6.55. The average Bonchev–Trinajstić information content (AvgIpc) is 3.41. The van der Waals surface area contributed by atoms with E-state index in [0.29, 0.717) is 24.1 Å². The topological polar surface area (TPSA) is 107 Å². The largest absolute Gasteiger partial charge is 0.363 e. The van der Waals surface area contributed by atoms with E-state index < -0.39 is 5.54 Å². The highest BCUT2D eigenvalue weighted by molar-refractivity contribution is 6.30. The molecule has 27 heavy (non-hydrogen) atoms. The highest BCUT2D eigenvalue weighted by Gasteiger charge is 2.39. The normalized spacial score (nSPS) is 17.4. The summed E-state index contributed by atoms with van der Waals surface area (Å²) in [4.78, 5) is 25.6. The fourth-order valence-electron chi connectivity index (χ4n) is 3.41. The Kier molecular flexibility index (Phi) is 4.32. The molecule has 2 aromatic heterocycles. The van der Waals surface area contributed by atoms with Crippen LogP contribution >= 0.6 is 11.6 Å². The fourth-order valence-corrected chi connectivity index (χ4v) is 3.57. The fraction of sp³-hybridized carbons (Fsp3) is 0.500. The van der Waals surface area contributed by atoms with Crippen molar-refractivity contribution in [3.05, 3.63) is 39.6 Å². The van der Waals surface area contributed by atoms with Crippen molar-refractivity contribution < 1.29 is 4.79 Å². The Bertz CT molecular complexity index is 960. The van der Waals surface area contributed by atoms with Crippen LogP contribution in [-0.2, 0) is 10.3 Å². The molecule has 0 bridgehead atoms. The van der Waals surface area contributed by atoms with Gasteiger partial charge in [0.1, 0.15) is 11.0 Å². The van der Waals surface area contributed by atoms with Gasteiger partial charge in [0, 0.05) is 41.7 Å². The number of azide groups is 1. The van der Waals surface area contributed by atoms with Crippen molar-refractivity contribution in [3.8, 4) is 0 Å². The number of rotatable bonds is 5. The minimum Gasteiger partial charge on any atom is -0.363 e. The van der Waals surface area contributed by atoms with E-state index in [-0.39, 0.29) is 17.9 Å². The summed E-state index contributed by atoms with van der Waals surface area (Å²) >= 11 is 6.10. The molecule has 1 aliphatic heterocycles. The number of hydrogen-bond acceptors (Lipinski definition) is 5. The molecular weight excluding hydrogens is 366 g/mol. The van der Waals surface area contributed by atoms with Crippen LogP contribution in [0.4, 0.5) is 5.82 Å². The van der Waals surface area contributed by atoms with Crippen LogP contribution in [-0.4, -0.2) is 39.9 Å². The van der Waals surface area contributed by atoms with Gasteiger partial charge in [-0.2, -0.15) is 0 Å². The molecule has 0 aromatic carbocycles. The number of nitrogens with one attached hydrogen (secondary N) is 1. The van der Waals surface area contributed by atoms with Crippen LogP contribution in [0.25, 0.3) is 21.2 Å². The molecular formula is C18H20ClN7O. The van der Waals surface area contributed by atoms with Crippen LogP contribution in [0.15, 0.2) is 23.6 Å². The molecule has 3 heterocycles. The third-order valence-electron chi connectivity index (χ3n) is 5.15. The number of pyridine rings is 2. The Labute approximate surface area is 161 Å². The van der Waals surface area contributed by atoms with Crippen LogP contribution in [0.1, 0.15) is 32.3 Å². The number of aromatic nitrogens is 2. The van der Waals surface area contributed by atoms with Gasteiger partial charge in [-0.15, -0.1) is 0 Å². The Balaban J connectivity index is 1.61. The molecule has 8 nitrogen and oxygen atoms in total. The van der Waals surface area contributed by atoms with Gasteiger partial charge in [-0.05, 0) is 35.4 Å². The van der Waals surface area contributed by atoms with E-state index in [1.54, 1.807) is 18.5 Å². The standard InChI is InChI=1S/C18H20ClN7O/c1-18(2,24-25-20)14-7-22-16(13-6-21-15(19)5-12(13)14)23-11-8-26(9-11)17(27)10-3-4-10/h5-7,10-11H,3-4,8-9H2,1-2H3,(H,22,23). The molecule has 140 valence electrons. The van der Waals surface area contributed by atoms with Crippen molar-refractivity contribution in [1.82, 2.24) is 14.9 Å². The quantitative estimate of drug-likeness (QED) is 0.365. The van der Waals surface area contributed by atoms with Crippen LogP contribution in [0, 0.1) is 5.92 Å². The number of fused-ring (bicyclic) bond motifs is 1. The maximum absolute atomic E-state index is 12.1. The predicted octanol–water partition coefficient (Wildman–Crippen LogP) is 3.86. The Morgan fingerprint density at radius 3 is 2.74 bits per heavy atom. The van der Waals surface area contributed by atoms with Crippen LogP contribution in [0.5, 0.6) is 0 Å². The van der Waals surface area contributed by atoms with Crippen molar-refractivity contribution in [3.63, 3.8) is 0 Å². The number of amides is 1. The van der Waals surface area contributed by atoms with Gasteiger partial charge in [0.05, 0.1) is 11.6 Å². The molecule has 2 aliphatic rings. The van der Waals surface area contributed by atoms with E-state index in [9.17, 15) is 4.79 Å². The van der Waals surface area contributed by atoms with Gasteiger partial charge < -0.3 is 10.2 Å². The number of carbonyl (C=O) groups excluding carboxylic acids is 1. The molecule has 9 heteroatoms. The predicted molar refractivity (Wildman–Crippen MR) is 103 cm³/mol. The summed E-state index contributed by atoms with van der Waals surface area (Å²) in [6, 6.07) is 1.92. The number of hydrogen-bond donors (Lipinski definition) is 1. The maximum Gasteiger partial charge on any atom is 0.225 e. The molecule has 2 fully saturated rings. The first-order valence-electron chi connectivity index (χ1n) is 8.95. The van der Waals surface area contributed by atoms with Crippen molar-refractivity contribution in [1.29, 1.82) is 0 Å². The van der Waals surface area contributed by atoms with Gasteiger partial charge in [-0.25, -0.2) is 9.97 Å². The molecule has 0 radical (unpaired) electrons.